The third-order valence-electron chi connectivity index (χ3n) is 2.61. The van der Waals surface area contributed by atoms with Crippen molar-refractivity contribution in [2.45, 2.75) is 13.2 Å². The van der Waals surface area contributed by atoms with Crippen LogP contribution in [0.25, 0.3) is 0 Å². The summed E-state index contributed by atoms with van der Waals surface area (Å²) < 4.78 is 11.9. The monoisotopic (exact) mass is 321 g/mol. The van der Waals surface area contributed by atoms with Crippen molar-refractivity contribution in [3.8, 4) is 11.5 Å². The zero-order valence-electron chi connectivity index (χ0n) is 10.7. The van der Waals surface area contributed by atoms with E-state index < -0.39 is 0 Å². The summed E-state index contributed by atoms with van der Waals surface area (Å²) in [5, 5.41) is 0. The molecule has 3 nitrogen and oxygen atoms in total. The zero-order valence-corrected chi connectivity index (χ0v) is 12.3. The largest absolute Gasteiger partial charge is 0.457 e. The summed E-state index contributed by atoms with van der Waals surface area (Å²) in [4.78, 5) is 0. The Kier molecular flexibility index (Phi) is 4.96. The lowest BCUT2D eigenvalue weighted by molar-refractivity contribution is 0.184. The molecule has 100 valence electrons. The predicted octanol–water partition coefficient (Wildman–Crippen LogP) is 3.85. The molecule has 0 saturated heterocycles. The fourth-order valence-corrected chi connectivity index (χ4v) is 2.32. The summed E-state index contributed by atoms with van der Waals surface area (Å²) >= 11 is 3.45. The third kappa shape index (κ3) is 4.06. The highest BCUT2D eigenvalue weighted by molar-refractivity contribution is 9.10. The molecule has 0 atom stereocenters. The highest BCUT2D eigenvalue weighted by Crippen LogP contribution is 2.27. The molecule has 19 heavy (non-hydrogen) atoms. The Morgan fingerprint density at radius 1 is 1.05 bits per heavy atom. The van der Waals surface area contributed by atoms with E-state index in [1.54, 1.807) is 7.11 Å². The van der Waals surface area contributed by atoms with Crippen molar-refractivity contribution in [2.75, 3.05) is 7.11 Å². The van der Waals surface area contributed by atoms with Gasteiger partial charge in [0.25, 0.3) is 0 Å². The Hall–Kier alpha value is -1.36. The summed E-state index contributed by atoms with van der Waals surface area (Å²) in [6.45, 7) is 1.06. The van der Waals surface area contributed by atoms with E-state index in [0.29, 0.717) is 13.2 Å². The first-order chi connectivity index (χ1) is 9.21. The number of halogens is 1. The smallest absolute Gasteiger partial charge is 0.128 e. The van der Waals surface area contributed by atoms with Crippen LogP contribution < -0.4 is 10.5 Å². The van der Waals surface area contributed by atoms with Gasteiger partial charge >= 0.3 is 0 Å². The Morgan fingerprint density at radius 3 is 2.58 bits per heavy atom. The van der Waals surface area contributed by atoms with Gasteiger partial charge in [-0.05, 0) is 41.5 Å². The van der Waals surface area contributed by atoms with Gasteiger partial charge in [-0.15, -0.1) is 0 Å². The quantitative estimate of drug-likeness (QED) is 0.909. The second-order valence-corrected chi connectivity index (χ2v) is 5.10. The van der Waals surface area contributed by atoms with Gasteiger partial charge in [0, 0.05) is 18.1 Å². The maximum absolute atomic E-state index is 5.85. The second-order valence-electron chi connectivity index (χ2n) is 4.18. The van der Waals surface area contributed by atoms with E-state index in [4.69, 9.17) is 15.2 Å². The van der Waals surface area contributed by atoms with Crippen LogP contribution in [0.4, 0.5) is 0 Å². The number of nitrogens with two attached hydrogens (primary N) is 1. The van der Waals surface area contributed by atoms with Gasteiger partial charge < -0.3 is 15.2 Å². The molecule has 0 amide bonds. The Balaban J connectivity index is 2.20. The first-order valence-corrected chi connectivity index (χ1v) is 6.76. The third-order valence-corrected chi connectivity index (χ3v) is 3.07. The van der Waals surface area contributed by atoms with E-state index >= 15 is 0 Å². The van der Waals surface area contributed by atoms with Crippen LogP contribution >= 0.6 is 15.9 Å². The highest BCUT2D eigenvalue weighted by atomic mass is 79.9. The minimum absolute atomic E-state index is 0.486. The Bertz CT molecular complexity index is 558. The number of benzene rings is 2. The molecule has 2 aromatic carbocycles. The van der Waals surface area contributed by atoms with Crippen LogP contribution in [-0.2, 0) is 17.9 Å². The van der Waals surface area contributed by atoms with E-state index in [1.807, 2.05) is 42.5 Å². The number of hydrogen-bond acceptors (Lipinski definition) is 3. The van der Waals surface area contributed by atoms with Crippen molar-refractivity contribution >= 4 is 15.9 Å². The minimum Gasteiger partial charge on any atom is -0.457 e. The lowest BCUT2D eigenvalue weighted by Crippen LogP contribution is -1.97. The molecule has 0 spiro atoms. The molecule has 0 radical (unpaired) electrons. The van der Waals surface area contributed by atoms with Crippen molar-refractivity contribution < 1.29 is 9.47 Å². The highest BCUT2D eigenvalue weighted by Gasteiger charge is 2.02. The molecule has 0 aromatic heterocycles. The lowest BCUT2D eigenvalue weighted by atomic mass is 10.2. The Labute approximate surface area is 121 Å². The molecule has 0 fully saturated rings. The first-order valence-electron chi connectivity index (χ1n) is 5.96. The van der Waals surface area contributed by atoms with Gasteiger partial charge in [0.1, 0.15) is 11.5 Å². The van der Waals surface area contributed by atoms with Gasteiger partial charge in [0.15, 0.2) is 0 Å². The first kappa shape index (κ1) is 14.1. The molecule has 2 N–H and O–H groups in total. The van der Waals surface area contributed by atoms with E-state index in [1.165, 1.54) is 0 Å². The average Bonchev–Trinajstić information content (AvgIpc) is 2.39. The van der Waals surface area contributed by atoms with Crippen molar-refractivity contribution in [3.05, 3.63) is 58.1 Å². The maximum Gasteiger partial charge on any atom is 0.128 e. The van der Waals surface area contributed by atoms with E-state index in [0.717, 1.165) is 27.1 Å². The van der Waals surface area contributed by atoms with Crippen LogP contribution in [0.1, 0.15) is 11.1 Å². The molecular weight excluding hydrogens is 306 g/mol. The molecule has 0 unspecified atom stereocenters. The van der Waals surface area contributed by atoms with Gasteiger partial charge in [-0.3, -0.25) is 0 Å². The molecule has 0 aliphatic rings. The lowest BCUT2D eigenvalue weighted by Gasteiger charge is -2.09. The molecule has 2 aromatic rings. The normalized spacial score (nSPS) is 10.5. The minimum atomic E-state index is 0.486. The summed E-state index contributed by atoms with van der Waals surface area (Å²) in [5.41, 5.74) is 7.75. The van der Waals surface area contributed by atoms with Crippen LogP contribution in [0.15, 0.2) is 46.9 Å². The molecule has 0 bridgehead atoms. The maximum atomic E-state index is 5.85. The number of hydrogen-bond donors (Lipinski definition) is 1. The standard InChI is InChI=1S/C15H16BrNO2/c1-18-10-11-3-2-4-14(6-11)19-15-7-12(9-17)5-13(16)8-15/h2-8H,9-10,17H2,1H3. The topological polar surface area (TPSA) is 44.5 Å². The van der Waals surface area contributed by atoms with Crippen molar-refractivity contribution in [3.63, 3.8) is 0 Å². The van der Waals surface area contributed by atoms with Gasteiger partial charge in [-0.2, -0.15) is 0 Å². The number of methoxy groups -OCH3 is 1. The molecule has 4 heteroatoms. The Morgan fingerprint density at radius 2 is 1.84 bits per heavy atom. The fourth-order valence-electron chi connectivity index (χ4n) is 1.80. The summed E-state index contributed by atoms with van der Waals surface area (Å²) in [5.74, 6) is 1.56. The SMILES string of the molecule is COCc1cccc(Oc2cc(Br)cc(CN)c2)c1. The van der Waals surface area contributed by atoms with Crippen LogP contribution in [0, 0.1) is 0 Å². The van der Waals surface area contributed by atoms with E-state index in [2.05, 4.69) is 15.9 Å². The summed E-state index contributed by atoms with van der Waals surface area (Å²) in [7, 11) is 1.68. The van der Waals surface area contributed by atoms with Crippen LogP contribution in [0.3, 0.4) is 0 Å². The molecule has 2 rings (SSSR count). The molecule has 0 aliphatic carbocycles. The van der Waals surface area contributed by atoms with Gasteiger partial charge in [-0.25, -0.2) is 0 Å². The van der Waals surface area contributed by atoms with Gasteiger partial charge in [-0.1, -0.05) is 28.1 Å². The summed E-state index contributed by atoms with van der Waals surface area (Å²) in [6.07, 6.45) is 0. The molecule has 0 heterocycles. The average molecular weight is 322 g/mol. The van der Waals surface area contributed by atoms with Crippen LogP contribution in [0.2, 0.25) is 0 Å². The van der Waals surface area contributed by atoms with Gasteiger partial charge in [0.2, 0.25) is 0 Å². The van der Waals surface area contributed by atoms with Crippen LogP contribution in [-0.4, -0.2) is 7.11 Å². The van der Waals surface area contributed by atoms with Crippen molar-refractivity contribution in [2.24, 2.45) is 5.73 Å². The van der Waals surface area contributed by atoms with Crippen molar-refractivity contribution in [1.29, 1.82) is 0 Å². The van der Waals surface area contributed by atoms with E-state index in [-0.39, 0.29) is 0 Å². The molecular formula is C15H16BrNO2. The zero-order chi connectivity index (χ0) is 13.7. The molecule has 0 aliphatic heterocycles. The van der Waals surface area contributed by atoms with Gasteiger partial charge in [0.05, 0.1) is 6.61 Å². The van der Waals surface area contributed by atoms with E-state index in [9.17, 15) is 0 Å². The number of ether oxygens (including phenoxy) is 2. The van der Waals surface area contributed by atoms with Crippen LogP contribution in [0.5, 0.6) is 11.5 Å². The fraction of sp³-hybridized carbons (Fsp3) is 0.200. The summed E-state index contributed by atoms with van der Waals surface area (Å²) in [6, 6.07) is 13.7. The predicted molar refractivity (Wildman–Crippen MR) is 79.3 cm³/mol. The number of rotatable bonds is 5. The molecule has 0 saturated carbocycles. The van der Waals surface area contributed by atoms with Crippen molar-refractivity contribution in [1.82, 2.24) is 0 Å². The second kappa shape index (κ2) is 6.70.